The Labute approximate surface area is 160 Å². The third kappa shape index (κ3) is 4.18. The fourth-order valence-electron chi connectivity index (χ4n) is 3.04. The number of nitrogens with one attached hydrogen (secondary N) is 1. The molecule has 2 atom stereocenters. The molecule has 1 aliphatic rings. The maximum Gasteiger partial charge on any atom is 0.307 e. The van der Waals surface area contributed by atoms with Gasteiger partial charge in [0.25, 0.3) is 0 Å². The number of carbonyl (C=O) groups excluding carboxylic acids is 1. The summed E-state index contributed by atoms with van der Waals surface area (Å²) in [6.45, 7) is 0. The first kappa shape index (κ1) is 19.1. The highest BCUT2D eigenvalue weighted by molar-refractivity contribution is 5.95. The van der Waals surface area contributed by atoms with Gasteiger partial charge in [0.1, 0.15) is 11.8 Å². The van der Waals surface area contributed by atoms with Gasteiger partial charge >= 0.3 is 5.97 Å². The summed E-state index contributed by atoms with van der Waals surface area (Å²) in [6, 6.07) is 12.3. The highest BCUT2D eigenvalue weighted by Gasteiger charge is 2.34. The summed E-state index contributed by atoms with van der Waals surface area (Å²) < 4.78 is 19.9. The number of carbonyl (C=O) groups is 2. The van der Waals surface area contributed by atoms with Crippen LogP contribution in [0.15, 0.2) is 54.6 Å². The zero-order valence-corrected chi connectivity index (χ0v) is 14.8. The number of anilines is 1. The number of nitriles is 1. The Kier molecular flexibility index (Phi) is 5.70. The number of rotatable bonds is 5. The van der Waals surface area contributed by atoms with Gasteiger partial charge in [-0.1, -0.05) is 24.3 Å². The van der Waals surface area contributed by atoms with Crippen LogP contribution in [0.25, 0.3) is 0 Å². The lowest BCUT2D eigenvalue weighted by Crippen LogP contribution is -2.34. The van der Waals surface area contributed by atoms with Crippen molar-refractivity contribution in [3.63, 3.8) is 0 Å². The number of carboxylic acids is 1. The third-order valence-electron chi connectivity index (χ3n) is 4.51. The van der Waals surface area contributed by atoms with E-state index in [0.717, 1.165) is 6.07 Å². The molecular formula is C21H17FN2O4. The molecule has 0 radical (unpaired) electrons. The first-order chi connectivity index (χ1) is 13.5. The van der Waals surface area contributed by atoms with Gasteiger partial charge in [-0.05, 0) is 37.1 Å². The van der Waals surface area contributed by atoms with Crippen LogP contribution in [-0.2, 0) is 9.59 Å². The second kappa shape index (κ2) is 8.35. The topological polar surface area (TPSA) is 99.4 Å². The zero-order chi connectivity index (χ0) is 20.1. The molecule has 142 valence electrons. The lowest BCUT2D eigenvalue weighted by molar-refractivity contribution is -0.146. The Morgan fingerprint density at radius 2 is 1.82 bits per heavy atom. The number of para-hydroxylation sites is 1. The van der Waals surface area contributed by atoms with Crippen LogP contribution in [0.4, 0.5) is 10.1 Å². The van der Waals surface area contributed by atoms with Crippen molar-refractivity contribution in [3.8, 4) is 17.6 Å². The number of carboxylic acid groups (broad SMARTS) is 1. The molecule has 1 amide bonds. The molecule has 0 spiro atoms. The van der Waals surface area contributed by atoms with Crippen molar-refractivity contribution in [1.82, 2.24) is 0 Å². The van der Waals surface area contributed by atoms with Crippen molar-refractivity contribution in [2.45, 2.75) is 12.8 Å². The van der Waals surface area contributed by atoms with Gasteiger partial charge in [-0.25, -0.2) is 4.39 Å². The quantitative estimate of drug-likeness (QED) is 0.761. The molecule has 0 bridgehead atoms. The van der Waals surface area contributed by atoms with Crippen molar-refractivity contribution in [3.05, 3.63) is 66.0 Å². The van der Waals surface area contributed by atoms with Crippen molar-refractivity contribution in [2.24, 2.45) is 11.8 Å². The van der Waals surface area contributed by atoms with Crippen LogP contribution in [0.5, 0.6) is 11.5 Å². The molecule has 0 unspecified atom stereocenters. The Morgan fingerprint density at radius 1 is 1.11 bits per heavy atom. The predicted octanol–water partition coefficient (Wildman–Crippen LogP) is 4.10. The van der Waals surface area contributed by atoms with E-state index >= 15 is 0 Å². The maximum absolute atomic E-state index is 14.4. The van der Waals surface area contributed by atoms with Crippen LogP contribution >= 0.6 is 0 Å². The summed E-state index contributed by atoms with van der Waals surface area (Å²) in [7, 11) is 0. The summed E-state index contributed by atoms with van der Waals surface area (Å²) in [5, 5.41) is 20.9. The van der Waals surface area contributed by atoms with E-state index in [2.05, 4.69) is 5.32 Å². The fraction of sp³-hybridized carbons (Fsp3) is 0.190. The van der Waals surface area contributed by atoms with Gasteiger partial charge in [0, 0.05) is 11.8 Å². The monoisotopic (exact) mass is 380 g/mol. The van der Waals surface area contributed by atoms with E-state index in [-0.39, 0.29) is 29.2 Å². The van der Waals surface area contributed by atoms with E-state index in [1.807, 2.05) is 6.07 Å². The average Bonchev–Trinajstić information content (AvgIpc) is 2.70. The lowest BCUT2D eigenvalue weighted by atomic mass is 9.82. The van der Waals surface area contributed by atoms with Crippen molar-refractivity contribution < 1.29 is 23.8 Å². The van der Waals surface area contributed by atoms with Gasteiger partial charge in [0.05, 0.1) is 17.4 Å². The predicted molar refractivity (Wildman–Crippen MR) is 99.3 cm³/mol. The highest BCUT2D eigenvalue weighted by Crippen LogP contribution is 2.30. The molecule has 0 aromatic heterocycles. The number of ether oxygens (including phenoxy) is 1. The molecule has 7 heteroatoms. The Bertz CT molecular complexity index is 981. The second-order valence-electron chi connectivity index (χ2n) is 6.34. The molecule has 2 N–H and O–H groups in total. The maximum atomic E-state index is 14.4. The van der Waals surface area contributed by atoms with Gasteiger partial charge in [-0.3, -0.25) is 9.59 Å². The van der Waals surface area contributed by atoms with E-state index in [4.69, 9.17) is 10.00 Å². The molecule has 0 heterocycles. The molecule has 0 saturated heterocycles. The van der Waals surface area contributed by atoms with Crippen molar-refractivity contribution in [1.29, 1.82) is 5.26 Å². The average molecular weight is 380 g/mol. The minimum atomic E-state index is -1.03. The third-order valence-corrected chi connectivity index (χ3v) is 4.51. The van der Waals surface area contributed by atoms with E-state index in [1.165, 1.54) is 12.1 Å². The van der Waals surface area contributed by atoms with Crippen LogP contribution in [0.2, 0.25) is 0 Å². The van der Waals surface area contributed by atoms with Gasteiger partial charge in [-0.15, -0.1) is 0 Å². The minimum Gasteiger partial charge on any atom is -0.481 e. The van der Waals surface area contributed by atoms with Crippen molar-refractivity contribution in [2.75, 3.05) is 5.32 Å². The first-order valence-corrected chi connectivity index (χ1v) is 8.65. The molecule has 3 rings (SSSR count). The number of benzene rings is 2. The number of hydrogen-bond acceptors (Lipinski definition) is 4. The minimum absolute atomic E-state index is 0.0929. The second-order valence-corrected chi connectivity index (χ2v) is 6.34. The molecule has 0 aliphatic heterocycles. The van der Waals surface area contributed by atoms with E-state index in [1.54, 1.807) is 36.4 Å². The summed E-state index contributed by atoms with van der Waals surface area (Å²) in [5.41, 5.74) is 0.464. The van der Waals surface area contributed by atoms with Crippen LogP contribution in [0.1, 0.15) is 18.4 Å². The Hall–Kier alpha value is -3.66. The Morgan fingerprint density at radius 3 is 2.50 bits per heavy atom. The molecule has 2 aromatic rings. The smallest absolute Gasteiger partial charge is 0.307 e. The summed E-state index contributed by atoms with van der Waals surface area (Å²) in [4.78, 5) is 23.8. The number of amides is 1. The van der Waals surface area contributed by atoms with Crippen LogP contribution < -0.4 is 10.1 Å². The molecule has 0 saturated carbocycles. The molecule has 0 fully saturated rings. The van der Waals surface area contributed by atoms with Gasteiger partial charge in [-0.2, -0.15) is 5.26 Å². The zero-order valence-electron chi connectivity index (χ0n) is 14.8. The van der Waals surface area contributed by atoms with Crippen LogP contribution in [-0.4, -0.2) is 17.0 Å². The first-order valence-electron chi connectivity index (χ1n) is 8.65. The number of halogens is 1. The standard InChI is InChI=1S/C21H17FN2O4/c22-17-11-14(24-20(25)15-6-2-3-7-16(15)21(26)27)9-10-19(17)28-18-8-4-1-5-13(18)12-23/h1-5,8-11,15-16H,6-7H2,(H,24,25)(H,26,27)/t15-,16+/m1/s1. The van der Waals surface area contributed by atoms with Crippen molar-refractivity contribution >= 4 is 17.6 Å². The molecule has 2 aromatic carbocycles. The van der Waals surface area contributed by atoms with Gasteiger partial charge in [0.15, 0.2) is 11.6 Å². The summed E-state index contributed by atoms with van der Waals surface area (Å²) >= 11 is 0. The highest BCUT2D eigenvalue weighted by atomic mass is 19.1. The summed E-state index contributed by atoms with van der Waals surface area (Å²) in [5.74, 6) is -3.62. The number of hydrogen-bond donors (Lipinski definition) is 2. The normalized spacial score (nSPS) is 18.1. The SMILES string of the molecule is N#Cc1ccccc1Oc1ccc(NC(=O)[C@@H]2CC=CC[C@@H]2C(=O)O)cc1F. The molecule has 1 aliphatic carbocycles. The largest absolute Gasteiger partial charge is 0.481 e. The molecule has 28 heavy (non-hydrogen) atoms. The number of allylic oxidation sites excluding steroid dienone is 2. The van der Waals surface area contributed by atoms with Crippen LogP contribution in [0.3, 0.4) is 0 Å². The molecular weight excluding hydrogens is 363 g/mol. The number of nitrogens with zero attached hydrogens (tertiary/aromatic N) is 1. The van der Waals surface area contributed by atoms with Gasteiger partial charge < -0.3 is 15.2 Å². The lowest BCUT2D eigenvalue weighted by Gasteiger charge is -2.24. The van der Waals surface area contributed by atoms with Gasteiger partial charge in [0.2, 0.25) is 5.91 Å². The van der Waals surface area contributed by atoms with E-state index < -0.39 is 29.5 Å². The number of aliphatic carboxylic acids is 1. The van der Waals surface area contributed by atoms with E-state index in [0.29, 0.717) is 6.42 Å². The Balaban J connectivity index is 1.74. The van der Waals surface area contributed by atoms with Crippen LogP contribution in [0, 0.1) is 29.0 Å². The fourth-order valence-corrected chi connectivity index (χ4v) is 3.04. The molecule has 6 nitrogen and oxygen atoms in total. The summed E-state index contributed by atoms with van der Waals surface area (Å²) in [6.07, 6.45) is 4.12. The van der Waals surface area contributed by atoms with E-state index in [9.17, 15) is 19.1 Å².